The highest BCUT2D eigenvalue weighted by atomic mass is 35.5. The van der Waals surface area contributed by atoms with E-state index in [0.29, 0.717) is 27.0 Å². The van der Waals surface area contributed by atoms with Crippen molar-refractivity contribution in [3.63, 3.8) is 0 Å². The number of rotatable bonds is 4. The molecule has 6 nitrogen and oxygen atoms in total. The molecular formula is C22H16Cl2N6. The first-order valence-corrected chi connectivity index (χ1v) is 10.1. The van der Waals surface area contributed by atoms with Crippen LogP contribution in [0.2, 0.25) is 10.0 Å². The first-order chi connectivity index (χ1) is 14.6. The smallest absolute Gasteiger partial charge is 0.162 e. The summed E-state index contributed by atoms with van der Waals surface area (Å²) in [5.41, 5.74) is 4.84. The molecule has 0 amide bonds. The molecule has 0 fully saturated rings. The Morgan fingerprint density at radius 1 is 0.967 bits per heavy atom. The summed E-state index contributed by atoms with van der Waals surface area (Å²) in [6.07, 6.45) is 3.11. The predicted octanol–water partition coefficient (Wildman–Crippen LogP) is 6.05. The Kier molecular flexibility index (Phi) is 4.73. The third kappa shape index (κ3) is 3.34. The molecule has 30 heavy (non-hydrogen) atoms. The van der Waals surface area contributed by atoms with Crippen LogP contribution in [0.3, 0.4) is 0 Å². The minimum atomic E-state index is -0.121. The fourth-order valence-corrected chi connectivity index (χ4v) is 3.94. The monoisotopic (exact) mass is 434 g/mol. The van der Waals surface area contributed by atoms with E-state index in [1.165, 1.54) is 6.33 Å². The third-order valence-electron chi connectivity index (χ3n) is 4.96. The number of hydrogen-bond donors (Lipinski definition) is 2. The molecule has 0 aliphatic rings. The molecule has 8 heteroatoms. The van der Waals surface area contributed by atoms with Crippen LogP contribution in [-0.2, 0) is 0 Å². The molecule has 0 unspecified atom stereocenters. The van der Waals surface area contributed by atoms with Gasteiger partial charge in [0.1, 0.15) is 11.8 Å². The third-order valence-corrected chi connectivity index (χ3v) is 5.50. The fraction of sp³-hybridized carbons (Fsp3) is 0.0909. The fourth-order valence-electron chi connectivity index (χ4n) is 3.53. The Morgan fingerprint density at radius 2 is 1.83 bits per heavy atom. The lowest BCUT2D eigenvalue weighted by Crippen LogP contribution is -2.11. The molecule has 0 spiro atoms. The first kappa shape index (κ1) is 18.8. The zero-order valence-electron chi connectivity index (χ0n) is 15.9. The molecule has 3 heterocycles. The number of nitrogens with one attached hydrogen (secondary N) is 2. The average Bonchev–Trinajstić information content (AvgIpc) is 3.23. The van der Waals surface area contributed by atoms with E-state index in [1.54, 1.807) is 6.33 Å². The SMILES string of the molecule is C[C@H](Nc1ncnc2[nH]cnc12)c1cc2cccc(Cl)c2nc1-c1cccc(Cl)c1. The van der Waals surface area contributed by atoms with Crippen LogP contribution in [0.4, 0.5) is 5.82 Å². The summed E-state index contributed by atoms with van der Waals surface area (Å²) in [7, 11) is 0. The minimum Gasteiger partial charge on any atom is -0.362 e. The van der Waals surface area contributed by atoms with E-state index < -0.39 is 0 Å². The van der Waals surface area contributed by atoms with Crippen molar-refractivity contribution in [1.29, 1.82) is 0 Å². The molecule has 0 aliphatic carbocycles. The van der Waals surface area contributed by atoms with Gasteiger partial charge in [0, 0.05) is 21.5 Å². The van der Waals surface area contributed by atoms with Crippen molar-refractivity contribution >= 4 is 51.1 Å². The minimum absolute atomic E-state index is 0.121. The van der Waals surface area contributed by atoms with Crippen LogP contribution in [0.5, 0.6) is 0 Å². The lowest BCUT2D eigenvalue weighted by molar-refractivity contribution is 0.873. The molecule has 3 aromatic heterocycles. The molecule has 2 aromatic carbocycles. The number of benzene rings is 2. The number of para-hydroxylation sites is 1. The topological polar surface area (TPSA) is 79.4 Å². The maximum absolute atomic E-state index is 6.43. The van der Waals surface area contributed by atoms with E-state index in [1.807, 2.05) is 42.5 Å². The quantitative estimate of drug-likeness (QED) is 0.359. The van der Waals surface area contributed by atoms with E-state index in [4.69, 9.17) is 28.2 Å². The van der Waals surface area contributed by atoms with Gasteiger partial charge in [-0.1, -0.05) is 47.5 Å². The molecule has 0 radical (unpaired) electrons. The number of hydrogen-bond acceptors (Lipinski definition) is 5. The van der Waals surface area contributed by atoms with Gasteiger partial charge in [-0.3, -0.25) is 0 Å². The number of aromatic amines is 1. The van der Waals surface area contributed by atoms with Gasteiger partial charge in [-0.25, -0.2) is 19.9 Å². The molecule has 0 saturated heterocycles. The van der Waals surface area contributed by atoms with Crippen LogP contribution in [0.1, 0.15) is 18.5 Å². The van der Waals surface area contributed by atoms with Gasteiger partial charge in [-0.2, -0.15) is 0 Å². The summed E-state index contributed by atoms with van der Waals surface area (Å²) >= 11 is 12.7. The molecule has 5 aromatic rings. The summed E-state index contributed by atoms with van der Waals surface area (Å²) < 4.78 is 0. The number of H-pyrrole nitrogens is 1. The second-order valence-electron chi connectivity index (χ2n) is 6.94. The first-order valence-electron chi connectivity index (χ1n) is 9.36. The summed E-state index contributed by atoms with van der Waals surface area (Å²) in [5, 5.41) is 5.67. The van der Waals surface area contributed by atoms with E-state index in [9.17, 15) is 0 Å². The summed E-state index contributed by atoms with van der Waals surface area (Å²) in [6, 6.07) is 15.4. The largest absolute Gasteiger partial charge is 0.362 e. The lowest BCUT2D eigenvalue weighted by atomic mass is 9.98. The van der Waals surface area contributed by atoms with Gasteiger partial charge < -0.3 is 10.3 Å². The number of anilines is 1. The second-order valence-corrected chi connectivity index (χ2v) is 7.78. The van der Waals surface area contributed by atoms with Crippen LogP contribution >= 0.6 is 23.2 Å². The highest BCUT2D eigenvalue weighted by Crippen LogP contribution is 2.34. The number of fused-ring (bicyclic) bond motifs is 2. The Hall–Kier alpha value is -3.22. The Labute approximate surface area is 182 Å². The predicted molar refractivity (Wildman–Crippen MR) is 121 cm³/mol. The molecule has 0 aliphatic heterocycles. The molecule has 2 N–H and O–H groups in total. The second kappa shape index (κ2) is 7.55. The van der Waals surface area contributed by atoms with E-state index in [0.717, 1.165) is 27.7 Å². The number of pyridine rings is 1. The Morgan fingerprint density at radius 3 is 2.70 bits per heavy atom. The van der Waals surface area contributed by atoms with Crippen LogP contribution in [0, 0.1) is 0 Å². The Bertz CT molecular complexity index is 1380. The van der Waals surface area contributed by atoms with Crippen molar-refractivity contribution in [2.45, 2.75) is 13.0 Å². The van der Waals surface area contributed by atoms with Crippen LogP contribution in [0.25, 0.3) is 33.3 Å². The van der Waals surface area contributed by atoms with Crippen molar-refractivity contribution in [3.05, 3.63) is 76.8 Å². The van der Waals surface area contributed by atoms with Crippen molar-refractivity contribution in [2.75, 3.05) is 5.32 Å². The van der Waals surface area contributed by atoms with Crippen molar-refractivity contribution in [2.24, 2.45) is 0 Å². The molecule has 0 saturated carbocycles. The van der Waals surface area contributed by atoms with Crippen LogP contribution < -0.4 is 5.32 Å². The number of aromatic nitrogens is 5. The van der Waals surface area contributed by atoms with Gasteiger partial charge in [0.15, 0.2) is 11.5 Å². The van der Waals surface area contributed by atoms with Crippen molar-refractivity contribution in [3.8, 4) is 11.3 Å². The highest BCUT2D eigenvalue weighted by molar-refractivity contribution is 6.35. The van der Waals surface area contributed by atoms with Gasteiger partial charge in [0.2, 0.25) is 0 Å². The van der Waals surface area contributed by atoms with E-state index in [-0.39, 0.29) is 6.04 Å². The summed E-state index contributed by atoms with van der Waals surface area (Å²) in [5.74, 6) is 0.650. The molecular weight excluding hydrogens is 419 g/mol. The molecule has 148 valence electrons. The van der Waals surface area contributed by atoms with Crippen molar-refractivity contribution in [1.82, 2.24) is 24.9 Å². The zero-order chi connectivity index (χ0) is 20.7. The maximum Gasteiger partial charge on any atom is 0.162 e. The summed E-state index contributed by atoms with van der Waals surface area (Å²) in [6.45, 7) is 2.06. The standard InChI is InChI=1S/C22H16Cl2N6/c1-12(29-22-20-21(26-10-25-20)27-11-28-22)16-9-14-5-3-7-17(24)19(14)30-18(16)13-4-2-6-15(23)8-13/h2-12H,1H3,(H2,25,26,27,28,29)/t12-/m0/s1. The van der Waals surface area contributed by atoms with Gasteiger partial charge in [-0.15, -0.1) is 0 Å². The van der Waals surface area contributed by atoms with Crippen molar-refractivity contribution < 1.29 is 0 Å². The van der Waals surface area contributed by atoms with Gasteiger partial charge in [0.05, 0.1) is 28.6 Å². The Balaban J connectivity index is 1.66. The van der Waals surface area contributed by atoms with E-state index >= 15 is 0 Å². The lowest BCUT2D eigenvalue weighted by Gasteiger charge is -2.19. The zero-order valence-corrected chi connectivity index (χ0v) is 17.4. The highest BCUT2D eigenvalue weighted by Gasteiger charge is 2.18. The number of halogens is 2. The average molecular weight is 435 g/mol. The van der Waals surface area contributed by atoms with Crippen LogP contribution in [-0.4, -0.2) is 24.9 Å². The number of nitrogens with zero attached hydrogens (tertiary/aromatic N) is 4. The normalized spacial score (nSPS) is 12.4. The molecule has 1 atom stereocenters. The van der Waals surface area contributed by atoms with Crippen LogP contribution in [0.15, 0.2) is 61.2 Å². The van der Waals surface area contributed by atoms with Gasteiger partial charge >= 0.3 is 0 Å². The summed E-state index contributed by atoms with van der Waals surface area (Å²) in [4.78, 5) is 20.8. The van der Waals surface area contributed by atoms with Gasteiger partial charge in [0.25, 0.3) is 0 Å². The molecule has 0 bridgehead atoms. The van der Waals surface area contributed by atoms with Gasteiger partial charge in [-0.05, 0) is 31.2 Å². The maximum atomic E-state index is 6.43. The van der Waals surface area contributed by atoms with E-state index in [2.05, 4.69) is 38.2 Å². The number of imidazole rings is 1. The molecule has 5 rings (SSSR count).